The summed E-state index contributed by atoms with van der Waals surface area (Å²) >= 11 is 1.55. The van der Waals surface area contributed by atoms with Crippen LogP contribution in [0.5, 0.6) is 5.75 Å². The second-order valence-corrected chi connectivity index (χ2v) is 13.3. The van der Waals surface area contributed by atoms with Gasteiger partial charge in [-0.1, -0.05) is 6.92 Å². The lowest BCUT2D eigenvalue weighted by atomic mass is 9.93. The summed E-state index contributed by atoms with van der Waals surface area (Å²) in [6, 6.07) is 10.4. The first-order valence-corrected chi connectivity index (χ1v) is 16.8. The van der Waals surface area contributed by atoms with E-state index in [0.717, 1.165) is 22.4 Å². The molecule has 256 valence electrons. The van der Waals surface area contributed by atoms with E-state index < -0.39 is 29.5 Å². The van der Waals surface area contributed by atoms with Crippen LogP contribution in [0.2, 0.25) is 0 Å². The number of carbonyl (C=O) groups excluding carboxylic acids is 4. The molecule has 0 radical (unpaired) electrons. The highest BCUT2D eigenvalue weighted by atomic mass is 32.1. The van der Waals surface area contributed by atoms with Crippen LogP contribution < -0.4 is 20.7 Å². The van der Waals surface area contributed by atoms with Gasteiger partial charge in [0.1, 0.15) is 22.9 Å². The van der Waals surface area contributed by atoms with Gasteiger partial charge in [0.15, 0.2) is 5.69 Å². The number of anilines is 1. The molecule has 3 aromatic heterocycles. The number of rotatable bonds is 9. The summed E-state index contributed by atoms with van der Waals surface area (Å²) in [4.78, 5) is 62.0. The minimum atomic E-state index is -0.768. The molecule has 0 fully saturated rings. The van der Waals surface area contributed by atoms with Gasteiger partial charge in [0.2, 0.25) is 0 Å². The van der Waals surface area contributed by atoms with E-state index in [1.807, 2.05) is 24.4 Å². The molecule has 0 saturated heterocycles. The number of pyridine rings is 2. The van der Waals surface area contributed by atoms with Gasteiger partial charge in [0.25, 0.3) is 11.8 Å². The van der Waals surface area contributed by atoms with Gasteiger partial charge in [-0.2, -0.15) is 0 Å². The zero-order valence-electron chi connectivity index (χ0n) is 28.3. The Hall–Kier alpha value is -5.30. The monoisotopic (exact) mass is 685 g/mol. The third kappa shape index (κ3) is 8.23. The van der Waals surface area contributed by atoms with E-state index in [2.05, 4.69) is 25.9 Å². The second-order valence-electron chi connectivity index (χ2n) is 12.4. The highest BCUT2D eigenvalue weighted by Gasteiger charge is 2.27. The third-order valence-electron chi connectivity index (χ3n) is 7.52. The van der Waals surface area contributed by atoms with Crippen molar-refractivity contribution in [3.05, 3.63) is 81.6 Å². The average molecular weight is 686 g/mol. The average Bonchev–Trinajstić information content (AvgIpc) is 3.47. The van der Waals surface area contributed by atoms with Gasteiger partial charge in [0, 0.05) is 52.8 Å². The summed E-state index contributed by atoms with van der Waals surface area (Å²) in [6.45, 7) is 10.1. The molecule has 4 aromatic rings. The van der Waals surface area contributed by atoms with Gasteiger partial charge in [-0.25, -0.2) is 19.6 Å². The highest BCUT2D eigenvalue weighted by molar-refractivity contribution is 7.13. The maximum absolute atomic E-state index is 14.2. The second kappa shape index (κ2) is 14.9. The molecule has 0 spiro atoms. The number of thiophene rings is 1. The van der Waals surface area contributed by atoms with Crippen molar-refractivity contribution in [3.8, 4) is 27.3 Å². The normalized spacial score (nSPS) is 12.0. The van der Waals surface area contributed by atoms with Gasteiger partial charge >= 0.3 is 12.1 Å². The number of alkyl carbamates (subject to hydrolysis) is 1. The minimum Gasteiger partial charge on any atom is -0.493 e. The number of hydrogen-bond donors (Lipinski definition) is 3. The molecule has 3 N–H and O–H groups in total. The van der Waals surface area contributed by atoms with Crippen LogP contribution in [0.3, 0.4) is 0 Å². The molecular weight excluding hydrogens is 646 g/mol. The van der Waals surface area contributed by atoms with E-state index in [1.54, 1.807) is 63.4 Å². The van der Waals surface area contributed by atoms with Gasteiger partial charge in [-0.3, -0.25) is 9.59 Å². The number of carbonyl (C=O) groups is 4. The molecule has 0 aliphatic carbocycles. The molecule has 1 aliphatic rings. The molecule has 12 nitrogen and oxygen atoms in total. The topological polar surface area (TPSA) is 158 Å². The Morgan fingerprint density at radius 2 is 1.80 bits per heavy atom. The fourth-order valence-corrected chi connectivity index (χ4v) is 6.21. The SMILES string of the molecule is CCCNC(=O)c1ccc(-c2cc3c(cc2C(=O)Nc2ncc(CNC(=O)OC(C)(C)C)cc2C)-c2sccc2CCO3)c(C(=O)OC)n1. The zero-order valence-corrected chi connectivity index (χ0v) is 29.1. The lowest BCUT2D eigenvalue weighted by Gasteiger charge is -2.19. The molecule has 0 bridgehead atoms. The zero-order chi connectivity index (χ0) is 35.3. The van der Waals surface area contributed by atoms with Gasteiger partial charge in [-0.15, -0.1) is 11.3 Å². The van der Waals surface area contributed by atoms with E-state index in [4.69, 9.17) is 14.2 Å². The first-order chi connectivity index (χ1) is 23.4. The Morgan fingerprint density at radius 1 is 1.00 bits per heavy atom. The molecule has 49 heavy (non-hydrogen) atoms. The van der Waals surface area contributed by atoms with Crippen molar-refractivity contribution in [2.45, 2.75) is 59.6 Å². The molecule has 13 heteroatoms. The molecule has 0 unspecified atom stereocenters. The predicted molar refractivity (Wildman–Crippen MR) is 186 cm³/mol. The van der Waals surface area contributed by atoms with Crippen molar-refractivity contribution < 1.29 is 33.4 Å². The van der Waals surface area contributed by atoms with E-state index >= 15 is 0 Å². The number of esters is 1. The van der Waals surface area contributed by atoms with Crippen LogP contribution in [0.15, 0.2) is 48.0 Å². The van der Waals surface area contributed by atoms with Crippen LogP contribution in [-0.2, 0) is 22.4 Å². The van der Waals surface area contributed by atoms with Crippen molar-refractivity contribution in [1.82, 2.24) is 20.6 Å². The van der Waals surface area contributed by atoms with E-state index in [-0.39, 0.29) is 23.5 Å². The van der Waals surface area contributed by atoms with Crippen molar-refractivity contribution in [1.29, 1.82) is 0 Å². The van der Waals surface area contributed by atoms with E-state index in [9.17, 15) is 19.2 Å². The number of hydrogen-bond acceptors (Lipinski definition) is 10. The summed E-state index contributed by atoms with van der Waals surface area (Å²) < 4.78 is 16.5. The predicted octanol–water partition coefficient (Wildman–Crippen LogP) is 6.32. The molecule has 4 heterocycles. The minimum absolute atomic E-state index is 0.0407. The molecular formula is C36H39N5O7S. The highest BCUT2D eigenvalue weighted by Crippen LogP contribution is 2.43. The molecule has 1 aromatic carbocycles. The first kappa shape index (κ1) is 35.0. The summed E-state index contributed by atoms with van der Waals surface area (Å²) in [6.07, 6.45) is 2.43. The lowest BCUT2D eigenvalue weighted by molar-refractivity contribution is 0.0522. The molecule has 3 amide bonds. The Bertz CT molecular complexity index is 1910. The van der Waals surface area contributed by atoms with Crippen LogP contribution in [0.1, 0.15) is 82.1 Å². The largest absolute Gasteiger partial charge is 0.493 e. The number of benzene rings is 1. The standard InChI is InChI=1S/C36H39N5O7S/c1-7-12-37-33(43)27-9-8-23(29(40-27)34(44)46-6)24-17-28-26(30-22(10-13-47-28)11-14-49-30)16-25(24)32(42)41-31-20(2)15-21(18-38-31)19-39-35(45)48-36(3,4)5/h8-9,11,14-18H,7,10,12-13,19H2,1-6H3,(H,37,43)(H,39,45)(H,38,41,42). The number of fused-ring (bicyclic) bond motifs is 3. The van der Waals surface area contributed by atoms with E-state index in [1.165, 1.54) is 13.2 Å². The summed E-state index contributed by atoms with van der Waals surface area (Å²) in [5.41, 5.74) is 3.40. The van der Waals surface area contributed by atoms with Crippen molar-refractivity contribution >= 4 is 41.0 Å². The number of ether oxygens (including phenoxy) is 3. The maximum Gasteiger partial charge on any atom is 0.407 e. The van der Waals surface area contributed by atoms with Crippen LogP contribution >= 0.6 is 11.3 Å². The molecule has 0 saturated carbocycles. The number of nitrogens with zero attached hydrogens (tertiary/aromatic N) is 2. The Balaban J connectivity index is 1.54. The summed E-state index contributed by atoms with van der Waals surface area (Å²) in [7, 11) is 1.23. The molecule has 0 atom stereocenters. The lowest BCUT2D eigenvalue weighted by Crippen LogP contribution is -2.32. The van der Waals surface area contributed by atoms with Gasteiger partial charge < -0.3 is 30.2 Å². The summed E-state index contributed by atoms with van der Waals surface area (Å²) in [5.74, 6) is -0.830. The fraction of sp³-hybridized carbons (Fsp3) is 0.333. The molecule has 5 rings (SSSR count). The smallest absolute Gasteiger partial charge is 0.407 e. The molecule has 1 aliphatic heterocycles. The van der Waals surface area contributed by atoms with E-state index in [0.29, 0.717) is 53.4 Å². The quantitative estimate of drug-likeness (QED) is 0.172. The van der Waals surface area contributed by atoms with Gasteiger partial charge in [-0.05, 0) is 92.6 Å². The van der Waals surface area contributed by atoms with Crippen molar-refractivity contribution in [2.75, 3.05) is 25.6 Å². The fourth-order valence-electron chi connectivity index (χ4n) is 5.24. The van der Waals surface area contributed by atoms with Crippen LogP contribution in [0.25, 0.3) is 21.6 Å². The Morgan fingerprint density at radius 3 is 2.51 bits per heavy atom. The Labute approximate surface area is 288 Å². The van der Waals surface area contributed by atoms with Crippen LogP contribution in [0.4, 0.5) is 10.6 Å². The Kier molecular flexibility index (Phi) is 10.6. The number of methoxy groups -OCH3 is 1. The van der Waals surface area contributed by atoms with Crippen molar-refractivity contribution in [2.24, 2.45) is 0 Å². The number of amides is 3. The van der Waals surface area contributed by atoms with Crippen LogP contribution in [0, 0.1) is 6.92 Å². The van der Waals surface area contributed by atoms with Gasteiger partial charge in [0.05, 0.1) is 13.7 Å². The maximum atomic E-state index is 14.2. The summed E-state index contributed by atoms with van der Waals surface area (Å²) in [5, 5.41) is 10.4. The third-order valence-corrected chi connectivity index (χ3v) is 8.51. The van der Waals surface area contributed by atoms with Crippen LogP contribution in [-0.4, -0.2) is 59.7 Å². The van der Waals surface area contributed by atoms with Crippen molar-refractivity contribution in [3.63, 3.8) is 0 Å². The first-order valence-electron chi connectivity index (χ1n) is 15.9. The number of aromatic nitrogens is 2. The number of nitrogens with one attached hydrogen (secondary N) is 3. The number of aryl methyl sites for hydroxylation is 1.